The molecule has 1 amide bonds. The minimum absolute atomic E-state index is 0.0314. The van der Waals surface area contributed by atoms with Crippen LogP contribution in [-0.2, 0) is 28.7 Å². The maximum atomic E-state index is 12.9. The fourth-order valence-corrected chi connectivity index (χ4v) is 7.50. The van der Waals surface area contributed by atoms with Crippen LogP contribution in [0.4, 0.5) is 0 Å². The van der Waals surface area contributed by atoms with E-state index >= 15 is 0 Å². The van der Waals surface area contributed by atoms with Crippen molar-refractivity contribution in [2.45, 2.75) is 141 Å². The number of ether oxygens (including phenoxy) is 2. The average molecular weight is 625 g/mol. The number of rotatable bonds is 14. The van der Waals surface area contributed by atoms with Gasteiger partial charge in [0.05, 0.1) is 55.9 Å². The lowest BCUT2D eigenvalue weighted by Crippen LogP contribution is -2.47. The maximum Gasteiger partial charge on any atom is 0.307 e. The molecule has 0 aromatic carbocycles. The van der Waals surface area contributed by atoms with Gasteiger partial charge in [-0.3, -0.25) is 14.4 Å². The third-order valence-corrected chi connectivity index (χ3v) is 10.4. The molecule has 44 heavy (non-hydrogen) atoms. The number of carboxylic acid groups (broad SMARTS) is 2. The van der Waals surface area contributed by atoms with Gasteiger partial charge < -0.3 is 34.9 Å². The summed E-state index contributed by atoms with van der Waals surface area (Å²) in [6.07, 6.45) is 11.6. The lowest BCUT2D eigenvalue weighted by Gasteiger charge is -2.35. The molecule has 4 saturated carbocycles. The minimum Gasteiger partial charge on any atom is -0.481 e. The number of hydrogen-bond donors (Lipinski definition) is 5. The standard InChI is InChI=1S/C33H56N2O9/c1-33(2,20-43-26-14-9-23(10-15-26)35-44-18-21-5-3-4-6-27(21)31(38)39)19-42-25-12-7-22(8-13-25)34-30(37)28-16-11-24(36)17-29(28)32(40)41/h21-29,35-36H,3-20H2,1-2H3,(H,34,37)(H,38,39)(H,40,41). The molecule has 0 aliphatic heterocycles. The van der Waals surface area contributed by atoms with Crippen molar-refractivity contribution in [1.29, 1.82) is 0 Å². The van der Waals surface area contributed by atoms with E-state index in [0.29, 0.717) is 32.7 Å². The van der Waals surface area contributed by atoms with Gasteiger partial charge in [0, 0.05) is 17.5 Å². The first-order valence-electron chi connectivity index (χ1n) is 17.1. The van der Waals surface area contributed by atoms with E-state index < -0.39 is 29.9 Å². The van der Waals surface area contributed by atoms with Crippen LogP contribution in [0.5, 0.6) is 0 Å². The molecular formula is C33H56N2O9. The third-order valence-electron chi connectivity index (χ3n) is 10.4. The summed E-state index contributed by atoms with van der Waals surface area (Å²) in [7, 11) is 0. The zero-order chi connectivity index (χ0) is 31.7. The van der Waals surface area contributed by atoms with Crippen LogP contribution in [0.3, 0.4) is 0 Å². The highest BCUT2D eigenvalue weighted by Crippen LogP contribution is 2.33. The van der Waals surface area contributed by atoms with Crippen molar-refractivity contribution in [2.24, 2.45) is 29.1 Å². The van der Waals surface area contributed by atoms with Crippen LogP contribution < -0.4 is 10.8 Å². The van der Waals surface area contributed by atoms with Gasteiger partial charge in [-0.15, -0.1) is 0 Å². The lowest BCUT2D eigenvalue weighted by atomic mass is 9.77. The van der Waals surface area contributed by atoms with E-state index in [1.54, 1.807) is 0 Å². The number of carbonyl (C=O) groups is 3. The van der Waals surface area contributed by atoms with Crippen molar-refractivity contribution in [2.75, 3.05) is 19.8 Å². The Labute approximate surface area is 262 Å². The van der Waals surface area contributed by atoms with Gasteiger partial charge in [-0.2, -0.15) is 5.48 Å². The summed E-state index contributed by atoms with van der Waals surface area (Å²) in [6.45, 7) is 6.00. The molecule has 5 N–H and O–H groups in total. The molecule has 252 valence electrons. The molecule has 11 heteroatoms. The number of aliphatic hydroxyl groups is 1. The van der Waals surface area contributed by atoms with Crippen LogP contribution in [0.1, 0.15) is 110 Å². The summed E-state index contributed by atoms with van der Waals surface area (Å²) in [5.41, 5.74) is 3.07. The number of amides is 1. The Kier molecular flexibility index (Phi) is 13.3. The van der Waals surface area contributed by atoms with E-state index in [1.807, 2.05) is 0 Å². The number of hydrogen-bond acceptors (Lipinski definition) is 8. The SMILES string of the molecule is CC(C)(COC1CCC(NOCC2CCCCC2C(=O)O)CC1)COC1CCC(NC(=O)C2CCC(O)CC2C(=O)O)CC1. The predicted molar refractivity (Wildman–Crippen MR) is 163 cm³/mol. The molecule has 0 saturated heterocycles. The van der Waals surface area contributed by atoms with Crippen molar-refractivity contribution in [3.05, 3.63) is 0 Å². The van der Waals surface area contributed by atoms with Gasteiger partial charge in [0.25, 0.3) is 0 Å². The molecule has 0 spiro atoms. The zero-order valence-corrected chi connectivity index (χ0v) is 26.7. The van der Waals surface area contributed by atoms with E-state index in [1.165, 1.54) is 0 Å². The number of carboxylic acids is 2. The smallest absolute Gasteiger partial charge is 0.307 e. The van der Waals surface area contributed by atoms with Crippen LogP contribution in [0, 0.1) is 29.1 Å². The molecule has 11 nitrogen and oxygen atoms in total. The highest BCUT2D eigenvalue weighted by Gasteiger charge is 2.40. The molecule has 4 aliphatic carbocycles. The van der Waals surface area contributed by atoms with Crippen molar-refractivity contribution in [3.63, 3.8) is 0 Å². The minimum atomic E-state index is -1.01. The Morgan fingerprint density at radius 3 is 1.86 bits per heavy atom. The number of aliphatic hydroxyl groups excluding tert-OH is 1. The second-order valence-corrected chi connectivity index (χ2v) is 14.7. The first kappa shape index (κ1) is 35.1. The fraction of sp³-hybridized carbons (Fsp3) is 0.909. The second-order valence-electron chi connectivity index (χ2n) is 14.7. The van der Waals surface area contributed by atoms with Crippen LogP contribution in [0.25, 0.3) is 0 Å². The Hall–Kier alpha value is -1.79. The van der Waals surface area contributed by atoms with Crippen molar-refractivity contribution < 1.29 is 44.0 Å². The Morgan fingerprint density at radius 2 is 1.27 bits per heavy atom. The van der Waals surface area contributed by atoms with E-state index in [9.17, 15) is 29.7 Å². The van der Waals surface area contributed by atoms with Crippen LogP contribution in [-0.4, -0.2) is 83.4 Å². The van der Waals surface area contributed by atoms with Crippen molar-refractivity contribution in [3.8, 4) is 0 Å². The molecule has 0 aromatic heterocycles. The topological polar surface area (TPSA) is 164 Å². The molecule has 4 fully saturated rings. The largest absolute Gasteiger partial charge is 0.481 e. The normalized spacial score (nSPS) is 35.1. The number of carbonyl (C=O) groups excluding carboxylic acids is 1. The number of aliphatic carboxylic acids is 2. The number of hydroxylamine groups is 1. The van der Waals surface area contributed by atoms with Gasteiger partial charge in [-0.05, 0) is 89.4 Å². The first-order chi connectivity index (χ1) is 21.0. The van der Waals surface area contributed by atoms with E-state index in [0.717, 1.165) is 77.0 Å². The predicted octanol–water partition coefficient (Wildman–Crippen LogP) is 4.06. The Balaban J connectivity index is 1.06. The van der Waals surface area contributed by atoms with E-state index in [4.69, 9.17) is 14.3 Å². The zero-order valence-electron chi connectivity index (χ0n) is 26.7. The average Bonchev–Trinajstić information content (AvgIpc) is 3.00. The van der Waals surface area contributed by atoms with Gasteiger partial charge in [-0.1, -0.05) is 26.7 Å². The molecule has 0 heterocycles. The summed E-state index contributed by atoms with van der Waals surface area (Å²) < 4.78 is 12.6. The van der Waals surface area contributed by atoms with Gasteiger partial charge >= 0.3 is 11.9 Å². The first-order valence-corrected chi connectivity index (χ1v) is 17.1. The van der Waals surface area contributed by atoms with Gasteiger partial charge in [0.1, 0.15) is 0 Å². The summed E-state index contributed by atoms with van der Waals surface area (Å²) >= 11 is 0. The summed E-state index contributed by atoms with van der Waals surface area (Å²) in [4.78, 5) is 41.8. The van der Waals surface area contributed by atoms with E-state index in [2.05, 4.69) is 24.6 Å². The lowest BCUT2D eigenvalue weighted by molar-refractivity contribution is -0.151. The molecule has 0 bridgehead atoms. The van der Waals surface area contributed by atoms with Crippen LogP contribution >= 0.6 is 0 Å². The summed E-state index contributed by atoms with van der Waals surface area (Å²) in [5.74, 6) is -3.51. The summed E-state index contributed by atoms with van der Waals surface area (Å²) in [6, 6.07) is 0.302. The quantitative estimate of drug-likeness (QED) is 0.178. The van der Waals surface area contributed by atoms with Crippen LogP contribution in [0.2, 0.25) is 0 Å². The van der Waals surface area contributed by atoms with Crippen LogP contribution in [0.15, 0.2) is 0 Å². The Bertz CT molecular complexity index is 930. The third kappa shape index (κ3) is 10.6. The molecule has 5 atom stereocenters. The van der Waals surface area contributed by atoms with Crippen molar-refractivity contribution >= 4 is 17.8 Å². The Morgan fingerprint density at radius 1 is 0.705 bits per heavy atom. The maximum absolute atomic E-state index is 12.9. The van der Waals surface area contributed by atoms with E-state index in [-0.39, 0.29) is 53.9 Å². The molecule has 4 aliphatic rings. The second kappa shape index (κ2) is 16.7. The monoisotopic (exact) mass is 624 g/mol. The van der Waals surface area contributed by atoms with Gasteiger partial charge in [0.2, 0.25) is 5.91 Å². The number of nitrogens with one attached hydrogen (secondary N) is 2. The van der Waals surface area contributed by atoms with Crippen molar-refractivity contribution in [1.82, 2.24) is 10.8 Å². The molecule has 5 unspecified atom stereocenters. The fourth-order valence-electron chi connectivity index (χ4n) is 7.50. The van der Waals surface area contributed by atoms with Gasteiger partial charge in [0.15, 0.2) is 0 Å². The molecule has 4 rings (SSSR count). The van der Waals surface area contributed by atoms with Gasteiger partial charge in [-0.25, -0.2) is 0 Å². The highest BCUT2D eigenvalue weighted by molar-refractivity contribution is 5.85. The highest BCUT2D eigenvalue weighted by atomic mass is 16.6. The molecule has 0 aromatic rings. The molecule has 0 radical (unpaired) electrons. The molecular weight excluding hydrogens is 568 g/mol. The summed E-state index contributed by atoms with van der Waals surface area (Å²) in [5, 5.41) is 31.9.